The molecule has 0 bridgehead atoms. The van der Waals surface area contributed by atoms with E-state index in [1.807, 2.05) is 36.4 Å². The molecule has 4 heterocycles. The van der Waals surface area contributed by atoms with E-state index in [4.69, 9.17) is 4.74 Å². The molecular weight excluding hydrogens is 368 g/mol. The molecule has 0 radical (unpaired) electrons. The third-order valence-corrected chi connectivity index (χ3v) is 5.34. The first-order valence-corrected chi connectivity index (χ1v) is 9.96. The lowest BCUT2D eigenvalue weighted by molar-refractivity contribution is -0.132. The fourth-order valence-electron chi connectivity index (χ4n) is 4.03. The van der Waals surface area contributed by atoms with E-state index >= 15 is 0 Å². The Morgan fingerprint density at radius 1 is 1.34 bits per heavy atom. The van der Waals surface area contributed by atoms with Crippen molar-refractivity contribution < 1.29 is 9.53 Å². The van der Waals surface area contributed by atoms with E-state index < -0.39 is 0 Å². The van der Waals surface area contributed by atoms with Crippen molar-refractivity contribution in [3.8, 4) is 17.3 Å². The summed E-state index contributed by atoms with van der Waals surface area (Å²) in [5.41, 5.74) is 3.38. The maximum Gasteiger partial charge on any atom is 0.316 e. The molecule has 0 unspecified atom stereocenters. The third kappa shape index (κ3) is 3.87. The van der Waals surface area contributed by atoms with E-state index in [1.54, 1.807) is 13.3 Å². The van der Waals surface area contributed by atoms with E-state index in [1.165, 1.54) is 0 Å². The Labute approximate surface area is 169 Å². The lowest BCUT2D eigenvalue weighted by atomic mass is 9.95. The lowest BCUT2D eigenvalue weighted by Crippen LogP contribution is -2.48. The normalized spacial score (nSPS) is 19.3. The van der Waals surface area contributed by atoms with Crippen molar-refractivity contribution in [3.63, 3.8) is 0 Å². The number of carbonyl (C=O) groups is 1. The first kappa shape index (κ1) is 19.2. The molecule has 8 heteroatoms. The zero-order chi connectivity index (χ0) is 20.4. The molecular formula is C21H26N6O2. The number of anilines is 1. The highest BCUT2D eigenvalue weighted by molar-refractivity contribution is 5.97. The predicted molar refractivity (Wildman–Crippen MR) is 112 cm³/mol. The van der Waals surface area contributed by atoms with Gasteiger partial charge in [-0.3, -0.25) is 4.79 Å². The Hall–Kier alpha value is -3.16. The smallest absolute Gasteiger partial charge is 0.316 e. The van der Waals surface area contributed by atoms with Crippen LogP contribution >= 0.6 is 0 Å². The molecule has 3 aromatic rings. The molecule has 0 spiro atoms. The fourth-order valence-corrected chi connectivity index (χ4v) is 4.03. The van der Waals surface area contributed by atoms with Crippen LogP contribution in [0.5, 0.6) is 6.01 Å². The SMILES string of the molecule is CCC(=O)N1C[C@@H](C)C[C@@H](Nc2c(-c3ccnc(OC)n3)cnc3[nH]ccc23)C1. The molecule has 1 saturated heterocycles. The summed E-state index contributed by atoms with van der Waals surface area (Å²) in [4.78, 5) is 30.6. The van der Waals surface area contributed by atoms with E-state index in [0.29, 0.717) is 24.9 Å². The molecule has 1 amide bonds. The van der Waals surface area contributed by atoms with Gasteiger partial charge in [0.1, 0.15) is 5.65 Å². The second-order valence-corrected chi connectivity index (χ2v) is 7.55. The van der Waals surface area contributed by atoms with Gasteiger partial charge < -0.3 is 19.9 Å². The maximum absolute atomic E-state index is 12.3. The molecule has 8 nitrogen and oxygen atoms in total. The Kier molecular flexibility index (Phi) is 5.33. The van der Waals surface area contributed by atoms with Gasteiger partial charge in [-0.05, 0) is 24.5 Å². The summed E-state index contributed by atoms with van der Waals surface area (Å²) < 4.78 is 5.19. The van der Waals surface area contributed by atoms with Gasteiger partial charge in [0.2, 0.25) is 5.91 Å². The van der Waals surface area contributed by atoms with E-state index in [-0.39, 0.29) is 11.9 Å². The van der Waals surface area contributed by atoms with Crippen molar-refractivity contribution in [2.45, 2.75) is 32.7 Å². The first-order chi connectivity index (χ1) is 14.1. The number of fused-ring (bicyclic) bond motifs is 1. The Morgan fingerprint density at radius 2 is 2.21 bits per heavy atom. The highest BCUT2D eigenvalue weighted by Gasteiger charge is 2.28. The molecule has 1 aliphatic heterocycles. The predicted octanol–water partition coefficient (Wildman–Crippen LogP) is 3.09. The van der Waals surface area contributed by atoms with Gasteiger partial charge in [-0.15, -0.1) is 0 Å². The summed E-state index contributed by atoms with van der Waals surface area (Å²) in [5.74, 6) is 0.633. The van der Waals surface area contributed by atoms with Crippen LogP contribution in [0.15, 0.2) is 30.7 Å². The molecule has 152 valence electrons. The van der Waals surface area contributed by atoms with Gasteiger partial charge in [-0.1, -0.05) is 13.8 Å². The topological polar surface area (TPSA) is 96.0 Å². The van der Waals surface area contributed by atoms with Crippen molar-refractivity contribution in [3.05, 3.63) is 30.7 Å². The summed E-state index contributed by atoms with van der Waals surface area (Å²) >= 11 is 0. The Bertz CT molecular complexity index is 1020. The molecule has 3 aromatic heterocycles. The summed E-state index contributed by atoms with van der Waals surface area (Å²) in [6, 6.07) is 4.32. The van der Waals surface area contributed by atoms with Gasteiger partial charge in [-0.25, -0.2) is 9.97 Å². The van der Waals surface area contributed by atoms with Crippen LogP contribution in [-0.2, 0) is 4.79 Å². The molecule has 0 aromatic carbocycles. The van der Waals surface area contributed by atoms with Gasteiger partial charge in [-0.2, -0.15) is 4.98 Å². The summed E-state index contributed by atoms with van der Waals surface area (Å²) in [7, 11) is 1.55. The third-order valence-electron chi connectivity index (χ3n) is 5.34. The van der Waals surface area contributed by atoms with Crippen LogP contribution in [0.1, 0.15) is 26.7 Å². The maximum atomic E-state index is 12.3. The van der Waals surface area contributed by atoms with Gasteiger partial charge in [0.25, 0.3) is 0 Å². The average Bonchev–Trinajstić information content (AvgIpc) is 3.22. The van der Waals surface area contributed by atoms with Crippen LogP contribution in [0.3, 0.4) is 0 Å². The number of pyridine rings is 1. The van der Waals surface area contributed by atoms with Crippen LogP contribution in [0.2, 0.25) is 0 Å². The quantitative estimate of drug-likeness (QED) is 0.690. The van der Waals surface area contributed by atoms with Gasteiger partial charge in [0.15, 0.2) is 0 Å². The van der Waals surface area contributed by atoms with Gasteiger partial charge in [0.05, 0.1) is 18.5 Å². The van der Waals surface area contributed by atoms with Gasteiger partial charge in [0, 0.05) is 55.1 Å². The molecule has 2 N–H and O–H groups in total. The first-order valence-electron chi connectivity index (χ1n) is 9.96. The van der Waals surface area contributed by atoms with Crippen LogP contribution in [0, 0.1) is 5.92 Å². The van der Waals surface area contributed by atoms with Crippen LogP contribution in [0.25, 0.3) is 22.3 Å². The molecule has 1 fully saturated rings. The monoisotopic (exact) mass is 394 g/mol. The highest BCUT2D eigenvalue weighted by Crippen LogP contribution is 2.34. The second kappa shape index (κ2) is 8.06. The summed E-state index contributed by atoms with van der Waals surface area (Å²) in [5, 5.41) is 4.69. The molecule has 0 aliphatic carbocycles. The standard InChI is InChI=1S/C21H26N6O2/c1-4-18(28)27-11-13(2)9-14(12-27)25-19-15-5-7-22-20(15)24-10-16(19)17-6-8-23-21(26-17)29-3/h5-8,10,13-14H,4,9,11-12H2,1-3H3,(H2,22,24,25)/t13-,14+/m0/s1. The highest BCUT2D eigenvalue weighted by atomic mass is 16.5. The molecule has 4 rings (SSSR count). The van der Waals surface area contributed by atoms with Crippen molar-refractivity contribution in [2.24, 2.45) is 5.92 Å². The number of aromatic amines is 1. The number of piperidine rings is 1. The molecule has 2 atom stereocenters. The number of likely N-dealkylation sites (tertiary alicyclic amines) is 1. The Balaban J connectivity index is 1.72. The number of hydrogen-bond acceptors (Lipinski definition) is 6. The number of amides is 1. The molecule has 29 heavy (non-hydrogen) atoms. The number of aromatic nitrogens is 4. The zero-order valence-electron chi connectivity index (χ0n) is 17.0. The van der Waals surface area contributed by atoms with Crippen LogP contribution in [-0.4, -0.2) is 57.0 Å². The number of carbonyl (C=O) groups excluding carboxylic acids is 1. The van der Waals surface area contributed by atoms with Crippen LogP contribution in [0.4, 0.5) is 5.69 Å². The number of rotatable bonds is 5. The minimum Gasteiger partial charge on any atom is -0.467 e. The molecule has 1 aliphatic rings. The fraction of sp³-hybridized carbons (Fsp3) is 0.429. The summed E-state index contributed by atoms with van der Waals surface area (Å²) in [6.07, 6.45) is 6.89. The number of hydrogen-bond donors (Lipinski definition) is 2. The van der Waals surface area contributed by atoms with Crippen LogP contribution < -0.4 is 10.1 Å². The number of nitrogens with zero attached hydrogens (tertiary/aromatic N) is 4. The van der Waals surface area contributed by atoms with Crippen molar-refractivity contribution in [2.75, 3.05) is 25.5 Å². The summed E-state index contributed by atoms with van der Waals surface area (Å²) in [6.45, 7) is 5.61. The Morgan fingerprint density at radius 3 is 3.00 bits per heavy atom. The second-order valence-electron chi connectivity index (χ2n) is 7.55. The van der Waals surface area contributed by atoms with Gasteiger partial charge >= 0.3 is 6.01 Å². The van der Waals surface area contributed by atoms with E-state index in [0.717, 1.165) is 40.9 Å². The number of nitrogens with one attached hydrogen (secondary N) is 2. The average molecular weight is 394 g/mol. The largest absolute Gasteiger partial charge is 0.467 e. The lowest BCUT2D eigenvalue weighted by Gasteiger charge is -2.37. The zero-order valence-corrected chi connectivity index (χ0v) is 17.0. The molecule has 0 saturated carbocycles. The van der Waals surface area contributed by atoms with E-state index in [9.17, 15) is 4.79 Å². The number of ether oxygens (including phenoxy) is 1. The minimum atomic E-state index is 0.150. The minimum absolute atomic E-state index is 0.150. The number of H-pyrrole nitrogens is 1. The number of methoxy groups -OCH3 is 1. The van der Waals surface area contributed by atoms with E-state index in [2.05, 4.69) is 32.2 Å². The van der Waals surface area contributed by atoms with Crippen molar-refractivity contribution in [1.29, 1.82) is 0 Å². The van der Waals surface area contributed by atoms with Crippen molar-refractivity contribution >= 4 is 22.6 Å². The van der Waals surface area contributed by atoms with Crippen molar-refractivity contribution in [1.82, 2.24) is 24.8 Å².